The van der Waals surface area contributed by atoms with E-state index in [1.807, 2.05) is 24.3 Å². The van der Waals surface area contributed by atoms with Crippen molar-refractivity contribution in [3.63, 3.8) is 0 Å². The van der Waals surface area contributed by atoms with Crippen LogP contribution in [0.1, 0.15) is 12.8 Å². The lowest BCUT2D eigenvalue weighted by Gasteiger charge is -2.38. The summed E-state index contributed by atoms with van der Waals surface area (Å²) in [6.07, 6.45) is 2.12. The molecule has 0 bridgehead atoms. The van der Waals surface area contributed by atoms with Gasteiger partial charge in [-0.05, 0) is 37.2 Å². The van der Waals surface area contributed by atoms with E-state index in [0.717, 1.165) is 57.2 Å². The van der Waals surface area contributed by atoms with Gasteiger partial charge in [0.1, 0.15) is 18.1 Å². The van der Waals surface area contributed by atoms with Crippen molar-refractivity contribution >= 4 is 0 Å². The van der Waals surface area contributed by atoms with Gasteiger partial charge in [-0.15, -0.1) is 0 Å². The van der Waals surface area contributed by atoms with E-state index in [-0.39, 0.29) is 5.79 Å². The van der Waals surface area contributed by atoms with Crippen LogP contribution >= 0.6 is 0 Å². The maximum absolute atomic E-state index is 5.78. The summed E-state index contributed by atoms with van der Waals surface area (Å²) in [5, 5.41) is 0. The number of hydrogen-bond acceptors (Lipinski definition) is 5. The van der Waals surface area contributed by atoms with Gasteiger partial charge < -0.3 is 18.9 Å². The van der Waals surface area contributed by atoms with Crippen LogP contribution in [-0.4, -0.2) is 57.3 Å². The Labute approximate surface area is 125 Å². The van der Waals surface area contributed by atoms with Crippen molar-refractivity contribution in [3.8, 4) is 11.5 Å². The van der Waals surface area contributed by atoms with E-state index in [9.17, 15) is 0 Å². The van der Waals surface area contributed by atoms with Crippen molar-refractivity contribution < 1.29 is 18.9 Å². The Balaban J connectivity index is 1.44. The van der Waals surface area contributed by atoms with Gasteiger partial charge >= 0.3 is 0 Å². The third-order valence-electron chi connectivity index (χ3n) is 4.05. The van der Waals surface area contributed by atoms with Crippen molar-refractivity contribution in [2.75, 3.05) is 46.6 Å². The molecule has 116 valence electrons. The van der Waals surface area contributed by atoms with Crippen LogP contribution in [0.15, 0.2) is 24.3 Å². The molecular weight excluding hydrogens is 270 g/mol. The molecule has 2 heterocycles. The van der Waals surface area contributed by atoms with Gasteiger partial charge in [-0.2, -0.15) is 0 Å². The van der Waals surface area contributed by atoms with Crippen LogP contribution in [0.5, 0.6) is 11.5 Å². The van der Waals surface area contributed by atoms with Crippen LogP contribution in [0.3, 0.4) is 0 Å². The summed E-state index contributed by atoms with van der Waals surface area (Å²) >= 11 is 0. The molecule has 5 heteroatoms. The molecule has 0 aromatic heterocycles. The lowest BCUT2D eigenvalue weighted by atomic mass is 10.0. The molecule has 5 nitrogen and oxygen atoms in total. The summed E-state index contributed by atoms with van der Waals surface area (Å²) in [6.45, 7) is 4.93. The van der Waals surface area contributed by atoms with Crippen LogP contribution < -0.4 is 9.47 Å². The Bertz CT molecular complexity index is 442. The highest BCUT2D eigenvalue weighted by molar-refractivity contribution is 5.31. The second kappa shape index (κ2) is 6.64. The van der Waals surface area contributed by atoms with E-state index >= 15 is 0 Å². The zero-order valence-electron chi connectivity index (χ0n) is 12.5. The van der Waals surface area contributed by atoms with Crippen molar-refractivity contribution in [1.29, 1.82) is 0 Å². The van der Waals surface area contributed by atoms with Crippen LogP contribution in [0.25, 0.3) is 0 Å². The molecule has 0 N–H and O–H groups in total. The van der Waals surface area contributed by atoms with Gasteiger partial charge in [0.2, 0.25) is 0 Å². The average Bonchev–Trinajstić information content (AvgIpc) is 2.96. The summed E-state index contributed by atoms with van der Waals surface area (Å²) < 4.78 is 22.5. The predicted octanol–water partition coefficient (Wildman–Crippen LogP) is 1.91. The second-order valence-electron chi connectivity index (χ2n) is 5.51. The zero-order chi connectivity index (χ0) is 14.5. The number of piperidine rings is 1. The minimum absolute atomic E-state index is 0.349. The van der Waals surface area contributed by atoms with Gasteiger partial charge in [0.05, 0.1) is 26.9 Å². The standard InChI is InChI=1S/C16H23NO4/c1-18-14-3-5-15(6-4-14)19-10-9-17-8-2-7-16(13-17)20-11-12-21-16/h3-6H,2,7-13H2,1H3. The summed E-state index contributed by atoms with van der Waals surface area (Å²) in [6, 6.07) is 7.68. The fourth-order valence-corrected chi connectivity index (χ4v) is 2.96. The minimum atomic E-state index is -0.349. The van der Waals surface area contributed by atoms with Crippen molar-refractivity contribution in [3.05, 3.63) is 24.3 Å². The molecule has 0 atom stereocenters. The first-order chi connectivity index (χ1) is 10.3. The fourth-order valence-electron chi connectivity index (χ4n) is 2.96. The first kappa shape index (κ1) is 14.6. The molecular formula is C16H23NO4. The maximum Gasteiger partial charge on any atom is 0.181 e. The Hall–Kier alpha value is -1.30. The lowest BCUT2D eigenvalue weighted by Crippen LogP contribution is -2.49. The van der Waals surface area contributed by atoms with Crippen molar-refractivity contribution in [2.45, 2.75) is 18.6 Å². The molecule has 0 amide bonds. The SMILES string of the molecule is COc1ccc(OCCN2CCCC3(C2)OCCO3)cc1. The number of hydrogen-bond donors (Lipinski definition) is 0. The molecule has 0 radical (unpaired) electrons. The summed E-state index contributed by atoms with van der Waals surface area (Å²) in [5.41, 5.74) is 0. The predicted molar refractivity (Wildman–Crippen MR) is 78.8 cm³/mol. The van der Waals surface area contributed by atoms with Gasteiger partial charge in [0.15, 0.2) is 5.79 Å². The highest BCUT2D eigenvalue weighted by atomic mass is 16.7. The number of rotatable bonds is 5. The van der Waals surface area contributed by atoms with E-state index in [2.05, 4.69) is 4.90 Å². The first-order valence-corrected chi connectivity index (χ1v) is 7.57. The quantitative estimate of drug-likeness (QED) is 0.829. The topological polar surface area (TPSA) is 40.2 Å². The normalized spacial score (nSPS) is 21.6. The first-order valence-electron chi connectivity index (χ1n) is 7.57. The van der Waals surface area contributed by atoms with Crippen LogP contribution in [0.4, 0.5) is 0 Å². The zero-order valence-corrected chi connectivity index (χ0v) is 12.5. The van der Waals surface area contributed by atoms with Gasteiger partial charge in [-0.25, -0.2) is 0 Å². The molecule has 3 rings (SSSR count). The molecule has 0 unspecified atom stereocenters. The average molecular weight is 293 g/mol. The van der Waals surface area contributed by atoms with Crippen LogP contribution in [-0.2, 0) is 9.47 Å². The summed E-state index contributed by atoms with van der Waals surface area (Å²) in [7, 11) is 1.66. The molecule has 1 spiro atoms. The highest BCUT2D eigenvalue weighted by Crippen LogP contribution is 2.29. The molecule has 2 fully saturated rings. The second-order valence-corrected chi connectivity index (χ2v) is 5.51. The van der Waals surface area contributed by atoms with Gasteiger partial charge in [-0.3, -0.25) is 4.90 Å². The maximum atomic E-state index is 5.78. The van der Waals surface area contributed by atoms with E-state index in [0.29, 0.717) is 6.61 Å². The third kappa shape index (κ3) is 3.67. The summed E-state index contributed by atoms with van der Waals surface area (Å²) in [5.74, 6) is 1.37. The number of benzene rings is 1. The Kier molecular flexibility index (Phi) is 4.63. The molecule has 0 saturated carbocycles. The van der Waals surface area contributed by atoms with Gasteiger partial charge in [0.25, 0.3) is 0 Å². The smallest absolute Gasteiger partial charge is 0.181 e. The molecule has 0 aliphatic carbocycles. The molecule has 1 aromatic carbocycles. The lowest BCUT2D eigenvalue weighted by molar-refractivity contribution is -0.189. The van der Waals surface area contributed by atoms with Crippen LogP contribution in [0, 0.1) is 0 Å². The number of nitrogens with zero attached hydrogens (tertiary/aromatic N) is 1. The molecule has 2 aliphatic heterocycles. The largest absolute Gasteiger partial charge is 0.497 e. The minimum Gasteiger partial charge on any atom is -0.497 e. The number of ether oxygens (including phenoxy) is 4. The van der Waals surface area contributed by atoms with E-state index in [1.165, 1.54) is 0 Å². The molecule has 1 aromatic rings. The number of likely N-dealkylation sites (tertiary alicyclic amines) is 1. The van der Waals surface area contributed by atoms with Crippen LogP contribution in [0.2, 0.25) is 0 Å². The van der Waals surface area contributed by atoms with Gasteiger partial charge in [-0.1, -0.05) is 0 Å². The third-order valence-corrected chi connectivity index (χ3v) is 4.05. The molecule has 21 heavy (non-hydrogen) atoms. The molecule has 2 aliphatic rings. The van der Waals surface area contributed by atoms with Gasteiger partial charge in [0, 0.05) is 13.0 Å². The fraction of sp³-hybridized carbons (Fsp3) is 0.625. The van der Waals surface area contributed by atoms with Crippen molar-refractivity contribution in [1.82, 2.24) is 4.90 Å². The van der Waals surface area contributed by atoms with Crippen molar-refractivity contribution in [2.24, 2.45) is 0 Å². The highest BCUT2D eigenvalue weighted by Gasteiger charge is 2.40. The molecule has 2 saturated heterocycles. The number of methoxy groups -OCH3 is 1. The van der Waals surface area contributed by atoms with E-state index < -0.39 is 0 Å². The van der Waals surface area contributed by atoms with E-state index in [4.69, 9.17) is 18.9 Å². The Morgan fingerprint density at radius 2 is 1.86 bits per heavy atom. The Morgan fingerprint density at radius 3 is 2.57 bits per heavy atom. The monoisotopic (exact) mass is 293 g/mol. The summed E-state index contributed by atoms with van der Waals surface area (Å²) in [4.78, 5) is 2.36. The Morgan fingerprint density at radius 1 is 1.14 bits per heavy atom. The van der Waals surface area contributed by atoms with E-state index in [1.54, 1.807) is 7.11 Å².